The predicted molar refractivity (Wildman–Crippen MR) is 380 cm³/mol. The van der Waals surface area contributed by atoms with Gasteiger partial charge in [0, 0.05) is 93.4 Å². The predicted octanol–water partition coefficient (Wildman–Crippen LogP) is 23.5. The zero-order valence-corrected chi connectivity index (χ0v) is 49.7. The third kappa shape index (κ3) is 6.52. The number of aromatic nitrogens is 2. The number of hydrogen-bond acceptors (Lipinski definition) is 3. The Morgan fingerprint density at radius 2 is 0.923 bits per heavy atom. The lowest BCUT2D eigenvalue weighted by atomic mass is 9.87. The highest BCUT2D eigenvalue weighted by Crippen LogP contribution is 2.56. The zero-order chi connectivity index (χ0) is 58.9. The van der Waals surface area contributed by atoms with Gasteiger partial charge in [-0.25, -0.2) is 0 Å². The minimum absolute atomic E-state index is 0.105. The highest BCUT2D eigenvalue weighted by atomic mass is 32.1. The molecule has 1 aliphatic heterocycles. The molecule has 4 aliphatic rings. The maximum Gasteiger partial charge on any atom is 0.137 e. The van der Waals surface area contributed by atoms with Crippen molar-refractivity contribution in [2.75, 3.05) is 0 Å². The largest absolute Gasteiger partial charge is 0.485 e. The van der Waals surface area contributed by atoms with Gasteiger partial charge < -0.3 is 18.3 Å². The third-order valence-electron chi connectivity index (χ3n) is 20.8. The lowest BCUT2D eigenvalue weighted by Gasteiger charge is -2.21. The van der Waals surface area contributed by atoms with Crippen molar-refractivity contribution in [1.29, 1.82) is 0 Å². The molecule has 0 spiro atoms. The number of hydrogen-bond donors (Lipinski definition) is 0. The van der Waals surface area contributed by atoms with Gasteiger partial charge in [-0.2, -0.15) is 0 Å². The Kier molecular flexibility index (Phi) is 9.40. The molecule has 1 unspecified atom stereocenters. The lowest BCUT2D eigenvalue weighted by Crippen LogP contribution is -2.21. The molecular weight excluding hydrogens is 1130 g/mol. The third-order valence-corrected chi connectivity index (χ3v) is 21.9. The number of benzene rings is 14. The van der Waals surface area contributed by atoms with Crippen molar-refractivity contribution in [3.63, 3.8) is 0 Å². The molecule has 0 N–H and O–H groups in total. The first kappa shape index (κ1) is 48.5. The molecule has 0 amide bonds. The molecule has 5 heteroatoms. The summed E-state index contributed by atoms with van der Waals surface area (Å²) in [5.74, 6) is 0.946. The van der Waals surface area contributed by atoms with E-state index in [1.807, 2.05) is 17.4 Å². The summed E-state index contributed by atoms with van der Waals surface area (Å²) in [7, 11) is 0. The molecule has 5 heterocycles. The van der Waals surface area contributed by atoms with Crippen molar-refractivity contribution in [2.45, 2.75) is 12.5 Å². The molecule has 3 aliphatic carbocycles. The SMILES string of the molecule is C1=C2c3cc(-c4ccc5c(-c6ccc7sc8ccc(-n9c%10ccccc%10c%10cc%11c(cc%109)oc9ccccc9%11)cc8c7c6)ccc6c5c4-c4ccccc4-6)ccc3OC2Cc2c1c1ccccc1n2-c1ccc(-c2ccc3c4c(cccc24)-c2ccccc2-3)cc1. The maximum atomic E-state index is 7.02. The van der Waals surface area contributed by atoms with Crippen LogP contribution in [-0.2, 0) is 6.42 Å². The summed E-state index contributed by atoms with van der Waals surface area (Å²) >= 11 is 1.87. The van der Waals surface area contributed by atoms with E-state index in [0.717, 1.165) is 51.0 Å². The van der Waals surface area contributed by atoms with E-state index in [1.54, 1.807) is 0 Å². The molecule has 0 fully saturated rings. The van der Waals surface area contributed by atoms with E-state index in [2.05, 4.69) is 276 Å². The zero-order valence-electron chi connectivity index (χ0n) is 48.9. The van der Waals surface area contributed by atoms with Crippen LogP contribution in [0.5, 0.6) is 5.75 Å². The van der Waals surface area contributed by atoms with E-state index in [1.165, 1.54) is 169 Å². The molecule has 1 atom stereocenters. The summed E-state index contributed by atoms with van der Waals surface area (Å²) in [6.07, 6.45) is 3.10. The molecule has 91 heavy (non-hydrogen) atoms. The quantitative estimate of drug-likeness (QED) is 0.172. The second kappa shape index (κ2) is 17.6. The monoisotopic (exact) mass is 1170 g/mol. The van der Waals surface area contributed by atoms with Gasteiger partial charge in [-0.15, -0.1) is 11.3 Å². The first-order valence-corrected chi connectivity index (χ1v) is 32.3. The smallest absolute Gasteiger partial charge is 0.137 e. The minimum Gasteiger partial charge on any atom is -0.485 e. The fourth-order valence-corrected chi connectivity index (χ4v) is 17.9. The summed E-state index contributed by atoms with van der Waals surface area (Å²) in [6, 6.07) is 99.6. The summed E-state index contributed by atoms with van der Waals surface area (Å²) in [5.41, 5.74) is 30.4. The number of fused-ring (bicyclic) bond motifs is 21. The van der Waals surface area contributed by atoms with Crippen molar-refractivity contribution in [1.82, 2.24) is 9.13 Å². The Morgan fingerprint density at radius 1 is 0.330 bits per heavy atom. The first-order valence-electron chi connectivity index (χ1n) is 31.5. The number of rotatable bonds is 5. The molecule has 0 radical (unpaired) electrons. The molecule has 0 saturated heterocycles. The van der Waals surface area contributed by atoms with Crippen molar-refractivity contribution in [2.24, 2.45) is 0 Å². The Labute approximate surface area is 525 Å². The van der Waals surface area contributed by atoms with Gasteiger partial charge in [-0.3, -0.25) is 0 Å². The molecule has 4 nitrogen and oxygen atoms in total. The Morgan fingerprint density at radius 3 is 1.76 bits per heavy atom. The number of furan rings is 1. The average Bonchev–Trinajstić information content (AvgIpc) is 1.62. The number of thiophene rings is 1. The lowest BCUT2D eigenvalue weighted by molar-refractivity contribution is 0.274. The number of para-hydroxylation sites is 3. The van der Waals surface area contributed by atoms with Gasteiger partial charge in [0.05, 0.1) is 16.6 Å². The van der Waals surface area contributed by atoms with Crippen LogP contribution in [0, 0.1) is 0 Å². The van der Waals surface area contributed by atoms with Gasteiger partial charge in [-0.1, -0.05) is 182 Å². The van der Waals surface area contributed by atoms with Gasteiger partial charge in [0.1, 0.15) is 23.0 Å². The first-order chi connectivity index (χ1) is 45.1. The summed E-state index contributed by atoms with van der Waals surface area (Å²) in [6.45, 7) is 0. The minimum atomic E-state index is -0.105. The highest BCUT2D eigenvalue weighted by molar-refractivity contribution is 7.25. The van der Waals surface area contributed by atoms with E-state index in [0.29, 0.717) is 0 Å². The fourth-order valence-electron chi connectivity index (χ4n) is 16.8. The molecule has 4 aromatic heterocycles. The molecule has 22 rings (SSSR count). The maximum absolute atomic E-state index is 7.02. The van der Waals surface area contributed by atoms with E-state index in [-0.39, 0.29) is 6.10 Å². The van der Waals surface area contributed by atoms with Crippen LogP contribution in [0.4, 0.5) is 0 Å². The van der Waals surface area contributed by atoms with Crippen LogP contribution in [0.25, 0.3) is 197 Å². The van der Waals surface area contributed by atoms with Crippen molar-refractivity contribution in [3.05, 3.63) is 284 Å². The Balaban J connectivity index is 0.637. The molecule has 14 aromatic carbocycles. The van der Waals surface area contributed by atoms with E-state index in [4.69, 9.17) is 9.15 Å². The standard InChI is InChI=1S/C86H48N2O2S/c1-2-13-56-55(12-1)62-20-11-19-61-52(31-34-65(56)84(61)62)47-24-28-50(29-25-47)87-74-21-8-5-15-58(74)68-44-71-69-40-49(26-37-79(69)90-81(71)45-76(68)87)54-33-36-64-53(32-35-66-57-14-3-4-18-63(57)85(54)86(64)66)48-27-38-82-72(41-48)73-42-51(30-39-83(73)91-82)88-75-22-9-6-16-59(75)67-43-70-60-17-7-10-23-78(60)89-80(70)46-77(67)88/h1-44,46,81H,45H2. The molecule has 0 saturated carbocycles. The summed E-state index contributed by atoms with van der Waals surface area (Å²) in [5, 5.41) is 13.8. The fraction of sp³-hybridized carbons (Fsp3) is 0.0233. The van der Waals surface area contributed by atoms with Crippen molar-refractivity contribution in [3.8, 4) is 95.0 Å². The van der Waals surface area contributed by atoms with E-state index >= 15 is 0 Å². The van der Waals surface area contributed by atoms with Crippen LogP contribution in [-0.4, -0.2) is 15.2 Å². The van der Waals surface area contributed by atoms with Crippen molar-refractivity contribution >= 4 is 119 Å². The van der Waals surface area contributed by atoms with Gasteiger partial charge in [-0.05, 0) is 184 Å². The van der Waals surface area contributed by atoms with E-state index < -0.39 is 0 Å². The van der Waals surface area contributed by atoms with Crippen LogP contribution in [0.3, 0.4) is 0 Å². The van der Waals surface area contributed by atoms with Crippen LogP contribution in [0.2, 0.25) is 0 Å². The van der Waals surface area contributed by atoms with Gasteiger partial charge in [0.2, 0.25) is 0 Å². The molecule has 18 aromatic rings. The second-order valence-electron chi connectivity index (χ2n) is 25.2. The van der Waals surface area contributed by atoms with Crippen LogP contribution in [0.15, 0.2) is 271 Å². The molecular formula is C86H48N2O2S. The summed E-state index contributed by atoms with van der Waals surface area (Å²) < 4.78 is 21.0. The van der Waals surface area contributed by atoms with Gasteiger partial charge in [0.25, 0.3) is 0 Å². The van der Waals surface area contributed by atoms with Crippen molar-refractivity contribution < 1.29 is 9.15 Å². The average molecular weight is 1170 g/mol. The molecule has 420 valence electrons. The topological polar surface area (TPSA) is 32.2 Å². The second-order valence-corrected chi connectivity index (χ2v) is 26.3. The highest BCUT2D eigenvalue weighted by Gasteiger charge is 2.36. The molecule has 0 bridgehead atoms. The Hall–Kier alpha value is -11.5. The van der Waals surface area contributed by atoms with Gasteiger partial charge >= 0.3 is 0 Å². The number of ether oxygens (including phenoxy) is 1. The Bertz CT molecular complexity index is 6370. The van der Waals surface area contributed by atoms with Crippen LogP contribution >= 0.6 is 11.3 Å². The van der Waals surface area contributed by atoms with Gasteiger partial charge in [0.15, 0.2) is 0 Å². The van der Waals surface area contributed by atoms with Crippen LogP contribution in [0.1, 0.15) is 16.8 Å². The summed E-state index contributed by atoms with van der Waals surface area (Å²) in [4.78, 5) is 0. The number of nitrogens with zero attached hydrogens (tertiary/aromatic N) is 2. The van der Waals surface area contributed by atoms with E-state index in [9.17, 15) is 0 Å². The normalized spacial score (nSPS) is 14.2. The van der Waals surface area contributed by atoms with Crippen LogP contribution < -0.4 is 4.74 Å².